The number of rotatable bonds is 5. The van der Waals surface area contributed by atoms with Crippen LogP contribution in [0.5, 0.6) is 0 Å². The molecule has 104 valence electrons. The Hall–Kier alpha value is -0.910. The maximum absolute atomic E-state index is 11.3. The van der Waals surface area contributed by atoms with Crippen LogP contribution in [0.4, 0.5) is 0 Å². The standard InChI is InChI=1S/C14H20BrN3O/c15-13-4-2-1-3-11(13)9-18(10-14(16)19)12-5-7-17-8-6-12/h1-4,12,17H,5-10H2,(H2,16,19). The summed E-state index contributed by atoms with van der Waals surface area (Å²) in [6, 6.07) is 8.56. The van der Waals surface area contributed by atoms with Gasteiger partial charge in [0.15, 0.2) is 0 Å². The monoisotopic (exact) mass is 325 g/mol. The van der Waals surface area contributed by atoms with Gasteiger partial charge in [-0.1, -0.05) is 34.1 Å². The van der Waals surface area contributed by atoms with E-state index in [0.29, 0.717) is 12.6 Å². The fourth-order valence-corrected chi connectivity index (χ4v) is 2.94. The predicted octanol–water partition coefficient (Wildman–Crippen LogP) is 1.49. The summed E-state index contributed by atoms with van der Waals surface area (Å²) in [7, 11) is 0. The van der Waals surface area contributed by atoms with Crippen molar-refractivity contribution in [1.82, 2.24) is 10.2 Å². The second-order valence-corrected chi connectivity index (χ2v) is 5.80. The Morgan fingerprint density at radius 1 is 1.37 bits per heavy atom. The molecule has 19 heavy (non-hydrogen) atoms. The largest absolute Gasteiger partial charge is 0.369 e. The number of hydrogen-bond acceptors (Lipinski definition) is 3. The molecular weight excluding hydrogens is 306 g/mol. The smallest absolute Gasteiger partial charge is 0.231 e. The number of carbonyl (C=O) groups is 1. The van der Waals surface area contributed by atoms with E-state index in [4.69, 9.17) is 5.73 Å². The number of nitrogens with two attached hydrogens (primary N) is 1. The molecule has 0 aliphatic carbocycles. The molecule has 0 aromatic heterocycles. The molecule has 3 N–H and O–H groups in total. The van der Waals surface area contributed by atoms with E-state index in [9.17, 15) is 4.79 Å². The van der Waals surface area contributed by atoms with Gasteiger partial charge in [0.05, 0.1) is 6.54 Å². The lowest BCUT2D eigenvalue weighted by molar-refractivity contribution is -0.120. The van der Waals surface area contributed by atoms with E-state index in [2.05, 4.69) is 32.2 Å². The summed E-state index contributed by atoms with van der Waals surface area (Å²) in [6.07, 6.45) is 2.13. The number of piperidine rings is 1. The van der Waals surface area contributed by atoms with Gasteiger partial charge in [-0.2, -0.15) is 0 Å². The molecule has 0 spiro atoms. The number of hydrogen-bond donors (Lipinski definition) is 2. The third-order valence-corrected chi connectivity index (χ3v) is 4.29. The molecule has 1 aromatic carbocycles. The van der Waals surface area contributed by atoms with Gasteiger partial charge < -0.3 is 11.1 Å². The zero-order valence-corrected chi connectivity index (χ0v) is 12.5. The van der Waals surface area contributed by atoms with E-state index in [0.717, 1.165) is 36.9 Å². The van der Waals surface area contributed by atoms with Crippen LogP contribution in [0.25, 0.3) is 0 Å². The Kier molecular flexibility index (Phi) is 5.36. The van der Waals surface area contributed by atoms with E-state index in [-0.39, 0.29) is 5.91 Å². The van der Waals surface area contributed by atoms with Crippen molar-refractivity contribution < 1.29 is 4.79 Å². The first-order valence-corrected chi connectivity index (χ1v) is 7.42. The number of nitrogens with one attached hydrogen (secondary N) is 1. The molecule has 0 unspecified atom stereocenters. The van der Waals surface area contributed by atoms with Crippen molar-refractivity contribution in [3.8, 4) is 0 Å². The molecule has 1 fully saturated rings. The second-order valence-electron chi connectivity index (χ2n) is 4.94. The summed E-state index contributed by atoms with van der Waals surface area (Å²) in [4.78, 5) is 13.5. The van der Waals surface area contributed by atoms with Gasteiger partial charge in [0, 0.05) is 17.1 Å². The van der Waals surface area contributed by atoms with E-state index >= 15 is 0 Å². The van der Waals surface area contributed by atoms with Gasteiger partial charge >= 0.3 is 0 Å². The van der Waals surface area contributed by atoms with Crippen LogP contribution in [0, 0.1) is 0 Å². The van der Waals surface area contributed by atoms with Crippen LogP contribution in [0.15, 0.2) is 28.7 Å². The third-order valence-electron chi connectivity index (χ3n) is 3.52. The Bertz CT molecular complexity index is 432. The predicted molar refractivity (Wildman–Crippen MR) is 79.6 cm³/mol. The maximum Gasteiger partial charge on any atom is 0.231 e. The number of amides is 1. The molecule has 1 saturated heterocycles. The van der Waals surface area contributed by atoms with Crippen molar-refractivity contribution in [3.63, 3.8) is 0 Å². The molecule has 1 amide bonds. The van der Waals surface area contributed by atoms with Crippen LogP contribution in [0.2, 0.25) is 0 Å². The first-order chi connectivity index (χ1) is 9.16. The van der Waals surface area contributed by atoms with E-state index in [1.54, 1.807) is 0 Å². The fourth-order valence-electron chi connectivity index (χ4n) is 2.53. The average molecular weight is 326 g/mol. The van der Waals surface area contributed by atoms with Crippen LogP contribution in [-0.4, -0.2) is 36.5 Å². The maximum atomic E-state index is 11.3. The minimum Gasteiger partial charge on any atom is -0.369 e. The molecule has 2 rings (SSSR count). The van der Waals surface area contributed by atoms with E-state index < -0.39 is 0 Å². The lowest BCUT2D eigenvalue weighted by Crippen LogP contribution is -2.46. The fraction of sp³-hybridized carbons (Fsp3) is 0.500. The molecule has 0 radical (unpaired) electrons. The summed E-state index contributed by atoms with van der Waals surface area (Å²) >= 11 is 3.56. The molecule has 1 aromatic rings. The minimum absolute atomic E-state index is 0.259. The lowest BCUT2D eigenvalue weighted by Gasteiger charge is -2.34. The van der Waals surface area contributed by atoms with Gasteiger partial charge in [-0.05, 0) is 37.6 Å². The van der Waals surface area contributed by atoms with Crippen LogP contribution in [0.3, 0.4) is 0 Å². The SMILES string of the molecule is NC(=O)CN(Cc1ccccc1Br)C1CCNCC1. The molecule has 0 bridgehead atoms. The zero-order valence-electron chi connectivity index (χ0n) is 10.9. The Labute approximate surface area is 122 Å². The summed E-state index contributed by atoms with van der Waals surface area (Å²) in [6.45, 7) is 3.10. The Morgan fingerprint density at radius 3 is 2.68 bits per heavy atom. The van der Waals surface area contributed by atoms with Crippen molar-refractivity contribution in [3.05, 3.63) is 34.3 Å². The highest BCUT2D eigenvalue weighted by Gasteiger charge is 2.22. The average Bonchev–Trinajstić information content (AvgIpc) is 2.41. The zero-order chi connectivity index (χ0) is 13.7. The molecule has 1 aliphatic rings. The van der Waals surface area contributed by atoms with Crippen LogP contribution >= 0.6 is 15.9 Å². The topological polar surface area (TPSA) is 58.4 Å². The van der Waals surface area contributed by atoms with Gasteiger partial charge in [-0.15, -0.1) is 0 Å². The molecule has 0 atom stereocenters. The molecule has 1 aliphatic heterocycles. The highest BCUT2D eigenvalue weighted by molar-refractivity contribution is 9.10. The molecular formula is C14H20BrN3O. The van der Waals surface area contributed by atoms with E-state index in [1.807, 2.05) is 18.2 Å². The van der Waals surface area contributed by atoms with Crippen molar-refractivity contribution in [2.75, 3.05) is 19.6 Å². The highest BCUT2D eigenvalue weighted by atomic mass is 79.9. The minimum atomic E-state index is -0.259. The van der Waals surface area contributed by atoms with Crippen molar-refractivity contribution in [2.45, 2.75) is 25.4 Å². The number of benzene rings is 1. The third kappa shape index (κ3) is 4.30. The van der Waals surface area contributed by atoms with Crippen molar-refractivity contribution >= 4 is 21.8 Å². The number of halogens is 1. The van der Waals surface area contributed by atoms with Gasteiger partial charge in [-0.25, -0.2) is 0 Å². The number of carbonyl (C=O) groups excluding carboxylic acids is 1. The summed E-state index contributed by atoms with van der Waals surface area (Å²) < 4.78 is 1.08. The van der Waals surface area contributed by atoms with Gasteiger partial charge in [-0.3, -0.25) is 9.69 Å². The quantitative estimate of drug-likeness (QED) is 0.862. The summed E-state index contributed by atoms with van der Waals surface area (Å²) in [5.74, 6) is -0.259. The van der Waals surface area contributed by atoms with Gasteiger partial charge in [0.1, 0.15) is 0 Å². The Balaban J connectivity index is 2.08. The van der Waals surface area contributed by atoms with Gasteiger partial charge in [0.2, 0.25) is 5.91 Å². The molecule has 0 saturated carbocycles. The number of primary amides is 1. The molecule has 5 heteroatoms. The first kappa shape index (κ1) is 14.5. The van der Waals surface area contributed by atoms with Gasteiger partial charge in [0.25, 0.3) is 0 Å². The van der Waals surface area contributed by atoms with Crippen molar-refractivity contribution in [1.29, 1.82) is 0 Å². The van der Waals surface area contributed by atoms with Crippen LogP contribution in [-0.2, 0) is 11.3 Å². The van der Waals surface area contributed by atoms with Crippen LogP contribution in [0.1, 0.15) is 18.4 Å². The summed E-state index contributed by atoms with van der Waals surface area (Å²) in [5, 5.41) is 3.35. The Morgan fingerprint density at radius 2 is 2.05 bits per heavy atom. The molecule has 4 nitrogen and oxygen atoms in total. The van der Waals surface area contributed by atoms with E-state index in [1.165, 1.54) is 5.56 Å². The second kappa shape index (κ2) is 7.03. The summed E-state index contributed by atoms with van der Waals surface area (Å²) in [5.41, 5.74) is 6.58. The highest BCUT2D eigenvalue weighted by Crippen LogP contribution is 2.21. The van der Waals surface area contributed by atoms with Crippen molar-refractivity contribution in [2.24, 2.45) is 5.73 Å². The van der Waals surface area contributed by atoms with Crippen LogP contribution < -0.4 is 11.1 Å². The molecule has 1 heterocycles. The normalized spacial score (nSPS) is 16.7. The number of nitrogens with zero attached hydrogens (tertiary/aromatic N) is 1. The lowest BCUT2D eigenvalue weighted by atomic mass is 10.0. The first-order valence-electron chi connectivity index (χ1n) is 6.63.